The van der Waals surface area contributed by atoms with Gasteiger partial charge in [0.1, 0.15) is 0 Å². The van der Waals surface area contributed by atoms with Crippen LogP contribution in [0, 0.1) is 0 Å². The topological polar surface area (TPSA) is 66.6 Å². The molecule has 0 aromatic heterocycles. The van der Waals surface area contributed by atoms with Crippen LogP contribution in [0.4, 0.5) is 5.69 Å². The first-order valence-corrected chi connectivity index (χ1v) is 8.48. The Morgan fingerprint density at radius 3 is 2.75 bits per heavy atom. The van der Waals surface area contributed by atoms with Crippen LogP contribution in [0.25, 0.3) is 0 Å². The molecule has 1 unspecified atom stereocenters. The largest absolute Gasteiger partial charge is 0.398 e. The molecule has 0 bridgehead atoms. The highest BCUT2D eigenvalue weighted by atomic mass is 32.2. The van der Waals surface area contributed by atoms with Crippen molar-refractivity contribution in [1.29, 1.82) is 0 Å². The van der Waals surface area contributed by atoms with Crippen molar-refractivity contribution in [3.05, 3.63) is 29.8 Å². The van der Waals surface area contributed by atoms with Gasteiger partial charge in [-0.15, -0.1) is 0 Å². The summed E-state index contributed by atoms with van der Waals surface area (Å²) in [7, 11) is 0.376. The molecule has 1 heterocycles. The van der Waals surface area contributed by atoms with Gasteiger partial charge in [0.15, 0.2) is 0 Å². The Morgan fingerprint density at radius 2 is 2.10 bits per heavy atom. The summed E-state index contributed by atoms with van der Waals surface area (Å²) >= 11 is 0. The molecule has 1 aliphatic heterocycles. The highest BCUT2D eigenvalue weighted by molar-refractivity contribution is 7.88. The summed E-state index contributed by atoms with van der Waals surface area (Å²) in [4.78, 5) is 2.18. The van der Waals surface area contributed by atoms with Crippen molar-refractivity contribution in [2.75, 3.05) is 32.9 Å². The molecule has 20 heavy (non-hydrogen) atoms. The number of hydrogen-bond donors (Lipinski definition) is 1. The summed E-state index contributed by atoms with van der Waals surface area (Å²) in [6, 6.07) is 7.19. The second-order valence-corrected chi connectivity index (χ2v) is 7.56. The minimum Gasteiger partial charge on any atom is -0.398 e. The van der Waals surface area contributed by atoms with E-state index in [-0.39, 0.29) is 11.8 Å². The van der Waals surface area contributed by atoms with Gasteiger partial charge in [0, 0.05) is 25.3 Å². The number of nitrogens with two attached hydrogens (primary N) is 1. The molecule has 5 nitrogen and oxygen atoms in total. The van der Waals surface area contributed by atoms with E-state index >= 15 is 0 Å². The van der Waals surface area contributed by atoms with Gasteiger partial charge in [-0.1, -0.05) is 18.2 Å². The highest BCUT2D eigenvalue weighted by Crippen LogP contribution is 2.21. The first kappa shape index (κ1) is 15.3. The second kappa shape index (κ2) is 6.11. The van der Waals surface area contributed by atoms with Gasteiger partial charge in [-0.05, 0) is 38.1 Å². The van der Waals surface area contributed by atoms with E-state index in [2.05, 4.69) is 4.90 Å². The molecule has 0 spiro atoms. The Morgan fingerprint density at radius 1 is 1.40 bits per heavy atom. The van der Waals surface area contributed by atoms with Crippen LogP contribution < -0.4 is 5.73 Å². The molecular weight excluding hydrogens is 274 g/mol. The maximum atomic E-state index is 12.5. The average Bonchev–Trinajstić information content (AvgIpc) is 2.40. The Hall–Kier alpha value is -1.11. The third-order valence-electron chi connectivity index (χ3n) is 3.95. The third-order valence-corrected chi connectivity index (χ3v) is 5.80. The first-order valence-electron chi connectivity index (χ1n) is 6.88. The zero-order valence-electron chi connectivity index (χ0n) is 12.1. The zero-order chi connectivity index (χ0) is 14.8. The molecule has 0 amide bonds. The van der Waals surface area contributed by atoms with Crippen molar-refractivity contribution in [3.63, 3.8) is 0 Å². The van der Waals surface area contributed by atoms with Crippen molar-refractivity contribution >= 4 is 15.7 Å². The maximum Gasteiger partial charge on any atom is 0.218 e. The molecule has 1 atom stereocenters. The summed E-state index contributed by atoms with van der Waals surface area (Å²) in [6.07, 6.45) is 1.96. The Labute approximate surface area is 121 Å². The van der Waals surface area contributed by atoms with Gasteiger partial charge in [-0.2, -0.15) is 0 Å². The van der Waals surface area contributed by atoms with Gasteiger partial charge in [0.25, 0.3) is 0 Å². The predicted octanol–water partition coefficient (Wildman–Crippen LogP) is 1.12. The summed E-state index contributed by atoms with van der Waals surface area (Å²) in [6.45, 7) is 1.83. The standard InChI is InChI=1S/C14H23N3O2S/c1-16-9-5-7-13(10-16)17(2)20(18,19)11-12-6-3-4-8-14(12)15/h3-4,6,8,13H,5,7,9-11,15H2,1-2H3. The van der Waals surface area contributed by atoms with Gasteiger partial charge in [-0.25, -0.2) is 12.7 Å². The fourth-order valence-electron chi connectivity index (χ4n) is 2.63. The number of rotatable bonds is 4. The van der Waals surface area contributed by atoms with Crippen LogP contribution >= 0.6 is 0 Å². The number of para-hydroxylation sites is 1. The molecule has 2 rings (SSSR count). The van der Waals surface area contributed by atoms with Crippen LogP contribution in [0.3, 0.4) is 0 Å². The number of hydrogen-bond acceptors (Lipinski definition) is 4. The van der Waals surface area contributed by atoms with E-state index in [1.165, 1.54) is 4.31 Å². The minimum atomic E-state index is -3.33. The van der Waals surface area contributed by atoms with Crippen molar-refractivity contribution in [2.45, 2.75) is 24.6 Å². The lowest BCUT2D eigenvalue weighted by Crippen LogP contribution is -2.47. The molecule has 0 aliphatic carbocycles. The Bertz CT molecular complexity index is 559. The van der Waals surface area contributed by atoms with E-state index in [9.17, 15) is 8.42 Å². The van der Waals surface area contributed by atoms with Gasteiger partial charge in [0.05, 0.1) is 5.75 Å². The fraction of sp³-hybridized carbons (Fsp3) is 0.571. The number of nitrogen functional groups attached to an aromatic ring is 1. The van der Waals surface area contributed by atoms with Crippen molar-refractivity contribution in [1.82, 2.24) is 9.21 Å². The molecule has 1 aromatic rings. The lowest BCUT2D eigenvalue weighted by atomic mass is 10.1. The normalized spacial score (nSPS) is 21.2. The monoisotopic (exact) mass is 297 g/mol. The molecule has 112 valence electrons. The van der Waals surface area contributed by atoms with E-state index in [0.29, 0.717) is 11.3 Å². The smallest absolute Gasteiger partial charge is 0.218 e. The van der Waals surface area contributed by atoms with Gasteiger partial charge in [-0.3, -0.25) is 0 Å². The molecule has 6 heteroatoms. The molecule has 1 fully saturated rings. The number of piperidine rings is 1. The summed E-state index contributed by atoms with van der Waals surface area (Å²) < 4.78 is 26.5. The molecule has 1 saturated heterocycles. The van der Waals surface area contributed by atoms with Crippen LogP contribution in [-0.4, -0.2) is 50.8 Å². The Kier molecular flexibility index (Phi) is 4.67. The van der Waals surface area contributed by atoms with Crippen LogP contribution in [-0.2, 0) is 15.8 Å². The van der Waals surface area contributed by atoms with Crippen LogP contribution in [0.5, 0.6) is 0 Å². The first-order chi connectivity index (χ1) is 9.40. The SMILES string of the molecule is CN1CCCC(N(C)S(=O)(=O)Cc2ccccc2N)C1. The molecule has 0 saturated carbocycles. The van der Waals surface area contributed by atoms with E-state index in [1.54, 1.807) is 19.2 Å². The predicted molar refractivity (Wildman–Crippen MR) is 81.8 cm³/mol. The summed E-state index contributed by atoms with van der Waals surface area (Å²) in [5.74, 6) is -0.0314. The van der Waals surface area contributed by atoms with E-state index in [1.807, 2.05) is 19.2 Å². The van der Waals surface area contributed by atoms with Crippen molar-refractivity contribution in [3.8, 4) is 0 Å². The van der Waals surface area contributed by atoms with Crippen LogP contribution in [0.2, 0.25) is 0 Å². The number of likely N-dealkylation sites (N-methyl/N-ethyl adjacent to an activating group) is 2. The lowest BCUT2D eigenvalue weighted by Gasteiger charge is -2.35. The maximum absolute atomic E-state index is 12.5. The Balaban J connectivity index is 2.11. The number of benzene rings is 1. The highest BCUT2D eigenvalue weighted by Gasteiger charge is 2.29. The quantitative estimate of drug-likeness (QED) is 0.846. The van der Waals surface area contributed by atoms with E-state index in [4.69, 9.17) is 5.73 Å². The number of sulfonamides is 1. The lowest BCUT2D eigenvalue weighted by molar-refractivity contribution is 0.187. The number of anilines is 1. The number of nitrogens with zero attached hydrogens (tertiary/aromatic N) is 2. The molecule has 0 radical (unpaired) electrons. The molecule has 2 N–H and O–H groups in total. The van der Waals surface area contributed by atoms with Crippen LogP contribution in [0.1, 0.15) is 18.4 Å². The molecule has 1 aliphatic rings. The third kappa shape index (κ3) is 3.50. The van der Waals surface area contributed by atoms with Gasteiger partial charge >= 0.3 is 0 Å². The summed E-state index contributed by atoms with van der Waals surface area (Å²) in [5.41, 5.74) is 7.04. The molecular formula is C14H23N3O2S. The van der Waals surface area contributed by atoms with Crippen molar-refractivity contribution < 1.29 is 8.42 Å². The summed E-state index contributed by atoms with van der Waals surface area (Å²) in [5, 5.41) is 0. The fourth-order valence-corrected chi connectivity index (χ4v) is 4.11. The van der Waals surface area contributed by atoms with Crippen molar-refractivity contribution in [2.24, 2.45) is 0 Å². The van der Waals surface area contributed by atoms with Gasteiger partial charge < -0.3 is 10.6 Å². The molecule has 1 aromatic carbocycles. The average molecular weight is 297 g/mol. The zero-order valence-corrected chi connectivity index (χ0v) is 12.9. The van der Waals surface area contributed by atoms with Gasteiger partial charge in [0.2, 0.25) is 10.0 Å². The van der Waals surface area contributed by atoms with Crippen LogP contribution in [0.15, 0.2) is 24.3 Å². The second-order valence-electron chi connectivity index (χ2n) is 5.53. The number of likely N-dealkylation sites (tertiary alicyclic amines) is 1. The van der Waals surface area contributed by atoms with E-state index in [0.717, 1.165) is 25.9 Å². The minimum absolute atomic E-state index is 0.0314. The van der Waals surface area contributed by atoms with E-state index < -0.39 is 10.0 Å².